The first kappa shape index (κ1) is 15.6. The zero-order valence-electron chi connectivity index (χ0n) is 12.6. The summed E-state index contributed by atoms with van der Waals surface area (Å²) in [6, 6.07) is 15.1. The molecule has 1 saturated heterocycles. The van der Waals surface area contributed by atoms with Gasteiger partial charge in [0.2, 0.25) is 0 Å². The molecular weight excluding hydrogens is 294 g/mol. The molecule has 1 fully saturated rings. The third-order valence-electron chi connectivity index (χ3n) is 4.12. The highest BCUT2D eigenvalue weighted by Gasteiger charge is 2.29. The van der Waals surface area contributed by atoms with E-state index >= 15 is 0 Å². The first-order valence-corrected chi connectivity index (χ1v) is 8.63. The second-order valence-corrected chi connectivity index (χ2v) is 6.74. The molecule has 3 N–H and O–H groups in total. The van der Waals surface area contributed by atoms with Gasteiger partial charge in [-0.3, -0.25) is 10.3 Å². The van der Waals surface area contributed by atoms with E-state index < -0.39 is 0 Å². The average molecular weight is 317 g/mol. The minimum atomic E-state index is 0.203. The van der Waals surface area contributed by atoms with E-state index in [0.29, 0.717) is 12.0 Å². The van der Waals surface area contributed by atoms with Crippen LogP contribution in [-0.4, -0.2) is 36.2 Å². The Balaban J connectivity index is 1.66. The zero-order chi connectivity index (χ0) is 15.2. The fraction of sp³-hybridized carbons (Fsp3) is 0.412. The number of aliphatic hydroxyl groups excluding tert-OH is 1. The van der Waals surface area contributed by atoms with Crippen molar-refractivity contribution in [2.75, 3.05) is 26.2 Å². The first-order chi connectivity index (χ1) is 10.9. The molecule has 1 aromatic heterocycles. The summed E-state index contributed by atoms with van der Waals surface area (Å²) in [5, 5.41) is 11.5. The number of benzene rings is 1. The lowest BCUT2D eigenvalue weighted by Crippen LogP contribution is -2.34. The van der Waals surface area contributed by atoms with Gasteiger partial charge >= 0.3 is 0 Å². The smallest absolute Gasteiger partial charge is 0.0558 e. The van der Waals surface area contributed by atoms with Crippen LogP contribution in [0.25, 0.3) is 0 Å². The van der Waals surface area contributed by atoms with Gasteiger partial charge in [-0.1, -0.05) is 36.4 Å². The van der Waals surface area contributed by atoms with Crippen molar-refractivity contribution >= 4 is 11.3 Å². The number of aliphatic hydroxyl groups is 1. The Kier molecular flexibility index (Phi) is 5.58. The van der Waals surface area contributed by atoms with E-state index in [-0.39, 0.29) is 6.61 Å². The summed E-state index contributed by atoms with van der Waals surface area (Å²) in [6.45, 7) is 3.76. The molecule has 4 nitrogen and oxygen atoms in total. The van der Waals surface area contributed by atoms with Gasteiger partial charge in [0.05, 0.1) is 12.6 Å². The quantitative estimate of drug-likeness (QED) is 0.731. The van der Waals surface area contributed by atoms with E-state index in [1.54, 1.807) is 11.3 Å². The molecule has 0 radical (unpaired) electrons. The molecule has 5 heteroatoms. The van der Waals surface area contributed by atoms with Gasteiger partial charge in [-0.05, 0) is 17.0 Å². The van der Waals surface area contributed by atoms with Crippen molar-refractivity contribution in [1.29, 1.82) is 0 Å². The maximum absolute atomic E-state index is 9.35. The standard InChI is InChI=1S/C17H23N3OS/c21-9-8-20(13-16-7-4-10-22-16)12-15-11-18-19-17(15)14-5-2-1-3-6-14/h1-7,10,15,17-19,21H,8-9,11-13H2. The zero-order valence-corrected chi connectivity index (χ0v) is 13.4. The summed E-state index contributed by atoms with van der Waals surface area (Å²) < 4.78 is 0. The van der Waals surface area contributed by atoms with Crippen LogP contribution in [0.4, 0.5) is 0 Å². The minimum Gasteiger partial charge on any atom is -0.395 e. The van der Waals surface area contributed by atoms with Crippen LogP contribution >= 0.6 is 11.3 Å². The number of hydrogen-bond acceptors (Lipinski definition) is 5. The van der Waals surface area contributed by atoms with Crippen LogP contribution in [0.1, 0.15) is 16.5 Å². The SMILES string of the molecule is OCCN(Cc1cccs1)CC1CNNC1c1ccccc1. The van der Waals surface area contributed by atoms with E-state index in [4.69, 9.17) is 0 Å². The van der Waals surface area contributed by atoms with Gasteiger partial charge < -0.3 is 5.11 Å². The number of nitrogens with one attached hydrogen (secondary N) is 2. The molecule has 1 aromatic carbocycles. The molecule has 2 heterocycles. The minimum absolute atomic E-state index is 0.203. The number of hydrazine groups is 1. The van der Waals surface area contributed by atoms with Crippen molar-refractivity contribution in [2.45, 2.75) is 12.6 Å². The Morgan fingerprint density at radius 2 is 2.05 bits per heavy atom. The average Bonchev–Trinajstić information content (AvgIpc) is 3.20. The summed E-state index contributed by atoms with van der Waals surface area (Å²) in [4.78, 5) is 3.70. The topological polar surface area (TPSA) is 47.5 Å². The number of nitrogens with zero attached hydrogens (tertiary/aromatic N) is 1. The molecule has 3 rings (SSSR count). The number of thiophene rings is 1. The van der Waals surface area contributed by atoms with Crippen LogP contribution in [-0.2, 0) is 6.54 Å². The summed E-state index contributed by atoms with van der Waals surface area (Å²) in [6.07, 6.45) is 0. The molecule has 118 valence electrons. The maximum Gasteiger partial charge on any atom is 0.0558 e. The predicted molar refractivity (Wildman–Crippen MR) is 90.5 cm³/mol. The lowest BCUT2D eigenvalue weighted by molar-refractivity contribution is 0.168. The Hall–Kier alpha value is -1.24. The molecule has 2 unspecified atom stereocenters. The molecule has 2 atom stereocenters. The molecule has 0 aliphatic carbocycles. The van der Waals surface area contributed by atoms with Crippen LogP contribution in [0, 0.1) is 5.92 Å². The second kappa shape index (κ2) is 7.85. The summed E-state index contributed by atoms with van der Waals surface area (Å²) in [5.41, 5.74) is 8.00. The van der Waals surface area contributed by atoms with Crippen LogP contribution in [0.2, 0.25) is 0 Å². The fourth-order valence-electron chi connectivity index (χ4n) is 3.05. The van der Waals surface area contributed by atoms with Gasteiger partial charge in [-0.25, -0.2) is 5.43 Å². The van der Waals surface area contributed by atoms with Crippen LogP contribution in [0.3, 0.4) is 0 Å². The van der Waals surface area contributed by atoms with Gasteiger partial charge in [0.15, 0.2) is 0 Å². The molecule has 1 aliphatic rings. The van der Waals surface area contributed by atoms with E-state index in [2.05, 4.69) is 63.6 Å². The van der Waals surface area contributed by atoms with Crippen molar-refractivity contribution in [2.24, 2.45) is 5.92 Å². The predicted octanol–water partition coefficient (Wildman–Crippen LogP) is 2.01. The van der Waals surface area contributed by atoms with Crippen LogP contribution < -0.4 is 10.9 Å². The third-order valence-corrected chi connectivity index (χ3v) is 4.98. The van der Waals surface area contributed by atoms with Crippen molar-refractivity contribution < 1.29 is 5.11 Å². The summed E-state index contributed by atoms with van der Waals surface area (Å²) in [7, 11) is 0. The molecule has 0 saturated carbocycles. The normalized spacial score (nSPS) is 21.5. The monoisotopic (exact) mass is 317 g/mol. The lowest BCUT2D eigenvalue weighted by Gasteiger charge is -2.27. The fourth-order valence-corrected chi connectivity index (χ4v) is 3.80. The Bertz CT molecular complexity index is 546. The molecule has 0 amide bonds. The molecule has 1 aliphatic heterocycles. The Labute approximate surface area is 135 Å². The van der Waals surface area contributed by atoms with E-state index in [1.807, 2.05) is 0 Å². The molecular formula is C17H23N3OS. The van der Waals surface area contributed by atoms with Gasteiger partial charge in [0, 0.05) is 37.0 Å². The number of rotatable bonds is 7. The molecule has 0 bridgehead atoms. The third kappa shape index (κ3) is 3.94. The van der Waals surface area contributed by atoms with Crippen molar-refractivity contribution in [1.82, 2.24) is 15.8 Å². The first-order valence-electron chi connectivity index (χ1n) is 7.76. The van der Waals surface area contributed by atoms with Crippen LogP contribution in [0.15, 0.2) is 47.8 Å². The van der Waals surface area contributed by atoms with Crippen molar-refractivity contribution in [3.8, 4) is 0 Å². The molecule has 2 aromatic rings. The van der Waals surface area contributed by atoms with E-state index in [9.17, 15) is 5.11 Å². The number of hydrogen-bond donors (Lipinski definition) is 3. The van der Waals surface area contributed by atoms with E-state index in [1.165, 1.54) is 10.4 Å². The van der Waals surface area contributed by atoms with Gasteiger partial charge in [-0.2, -0.15) is 0 Å². The second-order valence-electron chi connectivity index (χ2n) is 5.71. The van der Waals surface area contributed by atoms with Gasteiger partial charge in [0.1, 0.15) is 0 Å². The largest absolute Gasteiger partial charge is 0.395 e. The molecule has 0 spiro atoms. The Morgan fingerprint density at radius 1 is 1.18 bits per heavy atom. The highest BCUT2D eigenvalue weighted by molar-refractivity contribution is 7.09. The van der Waals surface area contributed by atoms with Gasteiger partial charge in [0.25, 0.3) is 0 Å². The Morgan fingerprint density at radius 3 is 2.77 bits per heavy atom. The summed E-state index contributed by atoms with van der Waals surface area (Å²) in [5.74, 6) is 0.494. The van der Waals surface area contributed by atoms with Gasteiger partial charge in [-0.15, -0.1) is 11.3 Å². The summed E-state index contributed by atoms with van der Waals surface area (Å²) >= 11 is 1.78. The molecule has 22 heavy (non-hydrogen) atoms. The van der Waals surface area contributed by atoms with E-state index in [0.717, 1.165) is 26.2 Å². The van der Waals surface area contributed by atoms with Crippen LogP contribution in [0.5, 0.6) is 0 Å². The highest BCUT2D eigenvalue weighted by atomic mass is 32.1. The maximum atomic E-state index is 9.35. The van der Waals surface area contributed by atoms with Crippen molar-refractivity contribution in [3.05, 3.63) is 58.3 Å². The van der Waals surface area contributed by atoms with Crippen molar-refractivity contribution in [3.63, 3.8) is 0 Å². The lowest BCUT2D eigenvalue weighted by atomic mass is 9.94. The highest BCUT2D eigenvalue weighted by Crippen LogP contribution is 2.26.